The zero-order chi connectivity index (χ0) is 31.5. The van der Waals surface area contributed by atoms with E-state index < -0.39 is 45.3 Å². The van der Waals surface area contributed by atoms with Crippen LogP contribution in [0.25, 0.3) is 0 Å². The van der Waals surface area contributed by atoms with Crippen molar-refractivity contribution in [3.05, 3.63) is 0 Å². The highest BCUT2D eigenvalue weighted by Crippen LogP contribution is 2.34. The molecule has 1 spiro atoms. The van der Waals surface area contributed by atoms with E-state index in [1.165, 1.54) is 0 Å². The van der Waals surface area contributed by atoms with Crippen LogP contribution in [-0.4, -0.2) is 143 Å². The number of hydrogen-bond acceptors (Lipinski definition) is 16. The van der Waals surface area contributed by atoms with E-state index in [1.807, 2.05) is 27.7 Å². The highest BCUT2D eigenvalue weighted by Gasteiger charge is 2.49. The molecule has 10 unspecified atom stereocenters. The molecular formula is C20H54B3O18-3. The van der Waals surface area contributed by atoms with E-state index in [0.29, 0.717) is 0 Å². The summed E-state index contributed by atoms with van der Waals surface area (Å²) in [6, 6.07) is 0. The van der Waals surface area contributed by atoms with Gasteiger partial charge in [-0.15, -0.1) is 0 Å². The third-order valence-corrected chi connectivity index (χ3v) is 5.69. The van der Waals surface area contributed by atoms with Crippen LogP contribution < -0.4 is 0 Å². The maximum absolute atomic E-state index is 8.71. The Hall–Kier alpha value is -0.525. The summed E-state index contributed by atoms with van der Waals surface area (Å²) in [4.78, 5) is 0. The molecule has 18 nitrogen and oxygen atoms in total. The van der Waals surface area contributed by atoms with E-state index in [0.717, 1.165) is 0 Å². The van der Waals surface area contributed by atoms with Crippen molar-refractivity contribution in [3.8, 4) is 0 Å². The minimum Gasteiger partial charge on any atom is -0.534 e. The molecule has 10 atom stereocenters. The topological polar surface area (TPSA) is 321 Å². The summed E-state index contributed by atoms with van der Waals surface area (Å²) in [5.74, 6) is 0. The molecule has 0 aromatic carbocycles. The van der Waals surface area contributed by atoms with Crippen LogP contribution in [0.2, 0.25) is 0 Å². The average Bonchev–Trinajstić information content (AvgIpc) is 3.24. The van der Waals surface area contributed by atoms with E-state index in [9.17, 15) is 0 Å². The quantitative estimate of drug-likeness (QED) is 0.131. The molecule has 21 heteroatoms. The molecule has 3 rings (SSSR count). The van der Waals surface area contributed by atoms with Gasteiger partial charge >= 0.3 is 20.9 Å². The molecule has 0 saturated carbocycles. The van der Waals surface area contributed by atoms with Gasteiger partial charge in [0.2, 0.25) is 0 Å². The fraction of sp³-hybridized carbons (Fsp3) is 1.00. The Labute approximate surface area is 241 Å². The van der Waals surface area contributed by atoms with Crippen molar-refractivity contribution in [1.82, 2.24) is 0 Å². The van der Waals surface area contributed by atoms with Gasteiger partial charge in [0, 0.05) is 36.6 Å². The summed E-state index contributed by atoms with van der Waals surface area (Å²) in [6.45, 7) is 8.62. The minimum absolute atomic E-state index is 0. The van der Waals surface area contributed by atoms with Gasteiger partial charge in [0.1, 0.15) is 0 Å². The summed E-state index contributed by atoms with van der Waals surface area (Å²) < 4.78 is 31.5. The smallest absolute Gasteiger partial charge is 0.532 e. The van der Waals surface area contributed by atoms with Gasteiger partial charge in [0.15, 0.2) is 0 Å². The van der Waals surface area contributed by atoms with E-state index in [2.05, 4.69) is 9.31 Å². The largest absolute Gasteiger partial charge is 0.534 e. The summed E-state index contributed by atoms with van der Waals surface area (Å²) in [5.41, 5.74) is 0. The number of rotatable bonds is 2. The second-order valence-corrected chi connectivity index (χ2v) is 9.91. The predicted octanol–water partition coefficient (Wildman–Crippen LogP) is -4.46. The van der Waals surface area contributed by atoms with Crippen molar-refractivity contribution in [2.24, 2.45) is 0 Å². The first-order chi connectivity index (χ1) is 17.3. The lowest BCUT2D eigenvalue weighted by Gasteiger charge is -2.28. The summed E-state index contributed by atoms with van der Waals surface area (Å²) in [7, 11) is 0. The lowest BCUT2D eigenvalue weighted by atomic mass is 10.1. The zero-order valence-corrected chi connectivity index (χ0v) is 25.4. The van der Waals surface area contributed by atoms with E-state index >= 15 is 0 Å². The Balaban J connectivity index is -0.000000218. The molecule has 41 heavy (non-hydrogen) atoms. The van der Waals surface area contributed by atoms with Crippen LogP contribution in [0.4, 0.5) is 0 Å². The van der Waals surface area contributed by atoms with Crippen LogP contribution in [0.5, 0.6) is 0 Å². The summed E-state index contributed by atoms with van der Waals surface area (Å²) >= 11 is 0. The number of aliphatic hydroxyl groups is 4. The zero-order valence-electron chi connectivity index (χ0n) is 25.4. The lowest BCUT2D eigenvalue weighted by Crippen LogP contribution is -2.40. The van der Waals surface area contributed by atoms with Crippen LogP contribution in [0, 0.1) is 0 Å². The Morgan fingerprint density at radius 1 is 0.463 bits per heavy atom. The molecule has 0 aromatic rings. The first kappa shape index (κ1) is 47.4. The van der Waals surface area contributed by atoms with Crippen molar-refractivity contribution in [2.45, 2.75) is 130 Å². The molecule has 14 N–H and O–H groups in total. The molecule has 0 aliphatic carbocycles. The van der Waals surface area contributed by atoms with Crippen molar-refractivity contribution in [2.75, 3.05) is 0 Å². The maximum Gasteiger partial charge on any atom is 0.532 e. The molecule has 254 valence electrons. The van der Waals surface area contributed by atoms with Gasteiger partial charge in [-0.05, 0) is 69.2 Å². The van der Waals surface area contributed by atoms with Crippen molar-refractivity contribution < 1.29 is 89.4 Å². The first-order valence-electron chi connectivity index (χ1n) is 12.9. The van der Waals surface area contributed by atoms with Crippen molar-refractivity contribution >= 4 is 20.9 Å². The lowest BCUT2D eigenvalue weighted by molar-refractivity contribution is 0.0438. The van der Waals surface area contributed by atoms with Gasteiger partial charge < -0.3 is 89.4 Å². The minimum atomic E-state index is -4.00. The fourth-order valence-electron chi connectivity index (χ4n) is 2.50. The second-order valence-electron chi connectivity index (χ2n) is 9.91. The van der Waals surface area contributed by atoms with Crippen LogP contribution in [0.3, 0.4) is 0 Å². The molecule has 0 radical (unpaired) electrons. The molecule has 3 aliphatic heterocycles. The van der Waals surface area contributed by atoms with Gasteiger partial charge in [-0.25, -0.2) is 0 Å². The van der Waals surface area contributed by atoms with Gasteiger partial charge in [0.25, 0.3) is 0 Å². The highest BCUT2D eigenvalue weighted by atomic mass is 16.9. The third-order valence-electron chi connectivity index (χ3n) is 5.69. The Morgan fingerprint density at radius 2 is 0.610 bits per heavy atom. The van der Waals surface area contributed by atoms with E-state index in [-0.39, 0.29) is 47.6 Å². The van der Waals surface area contributed by atoms with Gasteiger partial charge in [-0.3, -0.25) is 0 Å². The van der Waals surface area contributed by atoms with Crippen molar-refractivity contribution in [3.63, 3.8) is 0 Å². The molecule has 3 aliphatic rings. The van der Waals surface area contributed by atoms with Crippen LogP contribution in [-0.2, 0) is 27.9 Å². The highest BCUT2D eigenvalue weighted by molar-refractivity contribution is 6.55. The second kappa shape index (κ2) is 20.4. The third kappa shape index (κ3) is 22.6. The van der Waals surface area contributed by atoms with Gasteiger partial charge in [0.05, 0.1) is 24.4 Å². The van der Waals surface area contributed by atoms with Crippen LogP contribution in [0.15, 0.2) is 0 Å². The molecule has 0 bridgehead atoms. The van der Waals surface area contributed by atoms with Crippen LogP contribution in [0.1, 0.15) is 69.2 Å². The van der Waals surface area contributed by atoms with E-state index in [4.69, 9.17) is 69.2 Å². The molecule has 3 heterocycles. The maximum atomic E-state index is 8.71. The standard InChI is InChI=1S/C8H16BO4.C4H10BO4.2C4H10O2.BH4O4.2H2O/c1-5-6(2)11-9(10-5)12-7(3)8(4)13-9;1-3-4(2)9-5(6,7)8-3;2*1-3(5)4(2)6;2-1(3,4)5;;/h5-8H,1-4H3;3-4,6-7H,1-2H3;2*3-6H,1-2H3;2-5H;2*1H2/q2*-1;;;-1;;. The summed E-state index contributed by atoms with van der Waals surface area (Å²) in [6.07, 6.45) is -2.69. The number of aliphatic hydroxyl groups excluding tert-OH is 4. The SMILES string of the molecule is CC(O)C(C)O.CC(O)C(C)O.CC1O[B-](O)(O)OC1C.CC1O[B-]2(OC1C)OC(C)C(C)O2.O.O.O[B-](O)(O)O. The average molecular weight is 615 g/mol. The Bertz CT molecular complexity index is 564. The predicted molar refractivity (Wildman–Crippen MR) is 148 cm³/mol. The summed E-state index contributed by atoms with van der Waals surface area (Å²) in [5, 5.41) is 79.9. The van der Waals surface area contributed by atoms with Crippen LogP contribution >= 0.6 is 0 Å². The molecular weight excluding hydrogens is 561 g/mol. The molecule has 0 amide bonds. The Kier molecular flexibility index (Phi) is 23.6. The van der Waals surface area contributed by atoms with E-state index in [1.54, 1.807) is 41.5 Å². The monoisotopic (exact) mass is 615 g/mol. The number of hydrogen-bond donors (Lipinski definition) is 10. The first-order valence-corrected chi connectivity index (χ1v) is 12.9. The fourth-order valence-corrected chi connectivity index (χ4v) is 2.50. The molecule has 3 fully saturated rings. The molecule has 3 saturated heterocycles. The van der Waals surface area contributed by atoms with Gasteiger partial charge in [-0.2, -0.15) is 0 Å². The molecule has 0 aromatic heterocycles. The van der Waals surface area contributed by atoms with Crippen molar-refractivity contribution in [1.29, 1.82) is 0 Å². The van der Waals surface area contributed by atoms with Gasteiger partial charge in [-0.1, -0.05) is 0 Å². The normalized spacial score (nSPS) is 34.2. The Morgan fingerprint density at radius 3 is 0.707 bits per heavy atom.